The van der Waals surface area contributed by atoms with Crippen molar-refractivity contribution in [3.05, 3.63) is 68.8 Å². The monoisotopic (exact) mass is 388 g/mol. The largest absolute Gasteiger partial charge is 0.374 e. The lowest BCUT2D eigenvalue weighted by Gasteiger charge is -2.10. The number of anilines is 1. The normalized spacial score (nSPS) is 12.0. The Labute approximate surface area is 158 Å². The Morgan fingerprint density at radius 2 is 1.96 bits per heavy atom. The number of halogens is 1. The van der Waals surface area contributed by atoms with Gasteiger partial charge in [0.15, 0.2) is 0 Å². The molecule has 9 heteroatoms. The first-order valence-electron chi connectivity index (χ1n) is 8.06. The molecule has 2 heterocycles. The van der Waals surface area contributed by atoms with Gasteiger partial charge in [-0.25, -0.2) is 4.39 Å². The van der Waals surface area contributed by atoms with E-state index < -0.39 is 17.3 Å². The zero-order valence-corrected chi connectivity index (χ0v) is 15.7. The molecule has 3 rings (SSSR count). The third kappa shape index (κ3) is 3.93. The topological polar surface area (TPSA) is 86.1 Å². The summed E-state index contributed by atoms with van der Waals surface area (Å²) in [5.41, 5.74) is 0.459. The lowest BCUT2D eigenvalue weighted by Crippen LogP contribution is -2.29. The number of nitrogens with zero attached hydrogens (tertiary/aromatic N) is 3. The van der Waals surface area contributed by atoms with Crippen LogP contribution in [0.5, 0.6) is 0 Å². The van der Waals surface area contributed by atoms with Crippen LogP contribution in [0.3, 0.4) is 0 Å². The van der Waals surface area contributed by atoms with Crippen LogP contribution in [-0.4, -0.2) is 27.8 Å². The number of ether oxygens (including phenoxy) is 1. The summed E-state index contributed by atoms with van der Waals surface area (Å²) in [6.45, 7) is 3.48. The van der Waals surface area contributed by atoms with Crippen LogP contribution >= 0.6 is 11.3 Å². The molecular formula is C18H17FN4O3S. The standard InChI is InChI=1S/C18H17FN4O3S/c1-10-8-9-23(13-6-4-12(19)5-7-13)17(25)14(10)15(24)20-18-22-21-16(27-18)11(2)26-3/h4-9,11H,1-3H3,(H,20,22,24). The van der Waals surface area contributed by atoms with E-state index in [4.69, 9.17) is 4.74 Å². The summed E-state index contributed by atoms with van der Waals surface area (Å²) < 4.78 is 19.6. The molecule has 1 unspecified atom stereocenters. The van der Waals surface area contributed by atoms with Crippen LogP contribution in [0.2, 0.25) is 0 Å². The second-order valence-electron chi connectivity index (χ2n) is 5.80. The number of hydrogen-bond donors (Lipinski definition) is 1. The predicted octanol–water partition coefficient (Wildman–Crippen LogP) is 3.10. The number of nitrogens with one attached hydrogen (secondary N) is 1. The molecule has 0 aliphatic rings. The first kappa shape index (κ1) is 18.9. The summed E-state index contributed by atoms with van der Waals surface area (Å²) in [6.07, 6.45) is 1.30. The van der Waals surface area contributed by atoms with E-state index in [1.54, 1.807) is 26.3 Å². The Morgan fingerprint density at radius 3 is 2.63 bits per heavy atom. The van der Waals surface area contributed by atoms with Gasteiger partial charge in [0.05, 0.1) is 0 Å². The number of aromatic nitrogens is 3. The van der Waals surface area contributed by atoms with Gasteiger partial charge in [0.2, 0.25) is 5.13 Å². The molecule has 0 aliphatic carbocycles. The number of rotatable bonds is 5. The van der Waals surface area contributed by atoms with Crippen molar-refractivity contribution in [1.82, 2.24) is 14.8 Å². The summed E-state index contributed by atoms with van der Waals surface area (Å²) >= 11 is 1.17. The summed E-state index contributed by atoms with van der Waals surface area (Å²) in [5.74, 6) is -0.990. The van der Waals surface area contributed by atoms with E-state index in [0.29, 0.717) is 16.3 Å². The molecule has 0 spiro atoms. The number of pyridine rings is 1. The van der Waals surface area contributed by atoms with Gasteiger partial charge in [0.1, 0.15) is 22.5 Å². The first-order chi connectivity index (χ1) is 12.9. The Hall–Kier alpha value is -2.91. The van der Waals surface area contributed by atoms with Crippen molar-refractivity contribution in [3.63, 3.8) is 0 Å². The van der Waals surface area contributed by atoms with E-state index in [-0.39, 0.29) is 16.8 Å². The Morgan fingerprint density at radius 1 is 1.26 bits per heavy atom. The molecular weight excluding hydrogens is 371 g/mol. The van der Waals surface area contributed by atoms with Crippen molar-refractivity contribution < 1.29 is 13.9 Å². The second-order valence-corrected chi connectivity index (χ2v) is 6.81. The molecule has 0 saturated heterocycles. The Bertz CT molecular complexity index is 1030. The molecule has 0 radical (unpaired) electrons. The first-order valence-corrected chi connectivity index (χ1v) is 8.88. The van der Waals surface area contributed by atoms with E-state index in [2.05, 4.69) is 15.5 Å². The maximum absolute atomic E-state index is 13.1. The molecule has 140 valence electrons. The lowest BCUT2D eigenvalue weighted by atomic mass is 10.1. The zero-order valence-electron chi connectivity index (χ0n) is 14.9. The van der Waals surface area contributed by atoms with Crippen molar-refractivity contribution in [2.24, 2.45) is 0 Å². The highest BCUT2D eigenvalue weighted by Gasteiger charge is 2.19. The van der Waals surface area contributed by atoms with Crippen LogP contribution in [-0.2, 0) is 4.74 Å². The van der Waals surface area contributed by atoms with Crippen molar-refractivity contribution >= 4 is 22.4 Å². The maximum Gasteiger partial charge on any atom is 0.268 e. The van der Waals surface area contributed by atoms with Crippen LogP contribution in [0, 0.1) is 12.7 Å². The van der Waals surface area contributed by atoms with Gasteiger partial charge < -0.3 is 4.74 Å². The van der Waals surface area contributed by atoms with Gasteiger partial charge in [-0.15, -0.1) is 10.2 Å². The number of amides is 1. The smallest absolute Gasteiger partial charge is 0.268 e. The molecule has 0 bridgehead atoms. The predicted molar refractivity (Wildman–Crippen MR) is 100 cm³/mol. The van der Waals surface area contributed by atoms with Crippen molar-refractivity contribution in [1.29, 1.82) is 0 Å². The van der Waals surface area contributed by atoms with Crippen LogP contribution in [0.25, 0.3) is 5.69 Å². The third-order valence-electron chi connectivity index (χ3n) is 3.99. The van der Waals surface area contributed by atoms with E-state index in [9.17, 15) is 14.0 Å². The Kier molecular flexibility index (Phi) is 5.43. The van der Waals surface area contributed by atoms with Crippen LogP contribution in [0.1, 0.15) is 34.0 Å². The van der Waals surface area contributed by atoms with Gasteiger partial charge in [0.25, 0.3) is 11.5 Å². The molecule has 1 N–H and O–H groups in total. The summed E-state index contributed by atoms with van der Waals surface area (Å²) in [6, 6.07) is 7.09. The fourth-order valence-electron chi connectivity index (χ4n) is 2.42. The maximum atomic E-state index is 13.1. The van der Waals surface area contributed by atoms with Crippen molar-refractivity contribution in [2.75, 3.05) is 12.4 Å². The molecule has 0 fully saturated rings. The van der Waals surface area contributed by atoms with Gasteiger partial charge in [-0.05, 0) is 49.7 Å². The van der Waals surface area contributed by atoms with Crippen molar-refractivity contribution in [2.45, 2.75) is 20.0 Å². The number of carbonyl (C=O) groups excluding carboxylic acids is 1. The van der Waals surface area contributed by atoms with Crippen LogP contribution in [0.15, 0.2) is 41.3 Å². The molecule has 0 aliphatic heterocycles. The molecule has 0 saturated carbocycles. The van der Waals surface area contributed by atoms with Gasteiger partial charge in [0, 0.05) is 19.0 Å². The van der Waals surface area contributed by atoms with Crippen LogP contribution < -0.4 is 10.9 Å². The average molecular weight is 388 g/mol. The molecule has 1 aromatic carbocycles. The zero-order chi connectivity index (χ0) is 19.6. The summed E-state index contributed by atoms with van der Waals surface area (Å²) in [4.78, 5) is 25.5. The SMILES string of the molecule is COC(C)c1nnc(NC(=O)c2c(C)ccn(-c3ccc(F)cc3)c2=O)s1. The Balaban J connectivity index is 1.92. The molecule has 3 aromatic rings. The van der Waals surface area contributed by atoms with E-state index in [1.807, 2.05) is 6.92 Å². The highest BCUT2D eigenvalue weighted by atomic mass is 32.1. The fraction of sp³-hybridized carbons (Fsp3) is 0.222. The minimum absolute atomic E-state index is 0.0154. The van der Waals surface area contributed by atoms with E-state index >= 15 is 0 Å². The van der Waals surface area contributed by atoms with Crippen LogP contribution in [0.4, 0.5) is 9.52 Å². The minimum Gasteiger partial charge on any atom is -0.374 e. The van der Waals surface area contributed by atoms with Gasteiger partial charge in [-0.1, -0.05) is 11.3 Å². The van der Waals surface area contributed by atoms with Gasteiger partial charge in [-0.3, -0.25) is 19.5 Å². The van der Waals surface area contributed by atoms with Gasteiger partial charge in [-0.2, -0.15) is 0 Å². The quantitative estimate of drug-likeness (QED) is 0.726. The fourth-order valence-corrected chi connectivity index (χ4v) is 3.18. The van der Waals surface area contributed by atoms with Gasteiger partial charge >= 0.3 is 0 Å². The number of methoxy groups -OCH3 is 1. The minimum atomic E-state index is -0.582. The third-order valence-corrected chi connectivity index (χ3v) is 4.99. The number of hydrogen-bond acceptors (Lipinski definition) is 6. The molecule has 1 atom stereocenters. The lowest BCUT2D eigenvalue weighted by molar-refractivity contribution is 0.102. The summed E-state index contributed by atoms with van der Waals surface area (Å²) in [5, 5.41) is 11.4. The number of aryl methyl sites for hydroxylation is 1. The molecule has 1 amide bonds. The van der Waals surface area contributed by atoms with Crippen molar-refractivity contribution in [3.8, 4) is 5.69 Å². The highest BCUT2D eigenvalue weighted by molar-refractivity contribution is 7.15. The molecule has 2 aromatic heterocycles. The highest BCUT2D eigenvalue weighted by Crippen LogP contribution is 2.23. The second kappa shape index (κ2) is 7.77. The number of benzene rings is 1. The average Bonchev–Trinajstić information content (AvgIpc) is 3.10. The van der Waals surface area contributed by atoms with E-state index in [0.717, 1.165) is 0 Å². The summed E-state index contributed by atoms with van der Waals surface area (Å²) in [7, 11) is 1.55. The molecule has 7 nitrogen and oxygen atoms in total. The number of carbonyl (C=O) groups is 1. The molecule has 27 heavy (non-hydrogen) atoms. The van der Waals surface area contributed by atoms with E-state index in [1.165, 1.54) is 40.2 Å².